The van der Waals surface area contributed by atoms with Crippen molar-refractivity contribution in [3.63, 3.8) is 0 Å². The van der Waals surface area contributed by atoms with Crippen molar-refractivity contribution < 1.29 is 33.4 Å². The molecule has 6 aromatic rings. The molecule has 10 rings (SSSR count). The minimum atomic E-state index is -0.882. The summed E-state index contributed by atoms with van der Waals surface area (Å²) in [6.45, 7) is 7.20. The van der Waals surface area contributed by atoms with Crippen LogP contribution in [-0.2, 0) is 36.6 Å². The normalized spacial score (nSPS) is 20.2. The summed E-state index contributed by atoms with van der Waals surface area (Å²) in [6, 6.07) is 27.1. The topological polar surface area (TPSA) is 181 Å². The maximum absolute atomic E-state index is 14.5. The standard InChI is InChI=1S/C55H61N7O7/c1-55(2,3)69-54(66)60-46(33-23-26-68-27-24-33)49(63)41-12-8-13-42(41)50-57-43-22-20-38-29-37(19-21-40(38)48(43)59-50)34-15-16-36-30-39(18-17-35(36)28-34)44-31-56-51(58-44)45-14-9-25-62(45)52(64)47(61-53(65)67-4)32-10-6-5-7-11-32/h5-7,10-11,15-19,21,28-31,33,41-42,45-47H,8-9,12-14,20,22-27H2,1-4H3,(H,56,58)(H,57,59)(H,60,66)(H,61,65)/t41?,42-,45+,46+,47-/m1/s1. The van der Waals surface area contributed by atoms with Gasteiger partial charge in [-0.05, 0) is 123 Å². The summed E-state index contributed by atoms with van der Waals surface area (Å²) in [6.07, 6.45) is 7.85. The number of carbonyl (C=O) groups excluding carboxylic acids is 4. The van der Waals surface area contributed by atoms with Crippen LogP contribution in [0.15, 0.2) is 91.1 Å². The van der Waals surface area contributed by atoms with Crippen molar-refractivity contribution in [2.75, 3.05) is 26.9 Å². The van der Waals surface area contributed by atoms with Crippen LogP contribution >= 0.6 is 0 Å². The van der Waals surface area contributed by atoms with Crippen molar-refractivity contribution in [3.8, 4) is 33.6 Å². The number of methoxy groups -OCH3 is 1. The zero-order valence-corrected chi connectivity index (χ0v) is 39.8. The Hall–Kier alpha value is -6.80. The molecule has 4 heterocycles. The zero-order chi connectivity index (χ0) is 47.8. The van der Waals surface area contributed by atoms with Crippen molar-refractivity contribution in [1.29, 1.82) is 0 Å². The van der Waals surface area contributed by atoms with E-state index in [1.807, 2.05) is 57.3 Å². The Kier molecular flexibility index (Phi) is 12.9. The van der Waals surface area contributed by atoms with E-state index >= 15 is 0 Å². The van der Waals surface area contributed by atoms with Crippen LogP contribution in [0.4, 0.5) is 9.59 Å². The van der Waals surface area contributed by atoms with Gasteiger partial charge in [0.05, 0.1) is 42.5 Å². The van der Waals surface area contributed by atoms with E-state index in [0.29, 0.717) is 31.1 Å². The van der Waals surface area contributed by atoms with Crippen LogP contribution in [0.25, 0.3) is 44.4 Å². The van der Waals surface area contributed by atoms with Gasteiger partial charge in [0.15, 0.2) is 5.78 Å². The Labute approximate surface area is 402 Å². The summed E-state index contributed by atoms with van der Waals surface area (Å²) < 4.78 is 16.1. The number of fused-ring (bicyclic) bond motifs is 4. The number of nitrogens with zero attached hydrogens (tertiary/aromatic N) is 3. The van der Waals surface area contributed by atoms with E-state index in [-0.39, 0.29) is 35.5 Å². The number of ether oxygens (including phenoxy) is 3. The molecule has 4 aliphatic rings. The average Bonchev–Trinajstić information content (AvgIpc) is 4.21. The number of imidazole rings is 2. The number of nitrogens with one attached hydrogen (secondary N) is 4. The summed E-state index contributed by atoms with van der Waals surface area (Å²) in [5, 5.41) is 7.94. The molecule has 4 aromatic carbocycles. The number of likely N-dealkylation sites (tertiary alicyclic amines) is 1. The Morgan fingerprint density at radius 3 is 2.29 bits per heavy atom. The number of rotatable bonds is 11. The summed E-state index contributed by atoms with van der Waals surface area (Å²) in [5.74, 6) is 1.15. The number of benzene rings is 4. The third-order valence-electron chi connectivity index (χ3n) is 14.5. The van der Waals surface area contributed by atoms with Gasteiger partial charge in [0.25, 0.3) is 5.91 Å². The van der Waals surface area contributed by atoms with E-state index in [9.17, 15) is 19.2 Å². The lowest BCUT2D eigenvalue weighted by molar-refractivity contribution is -0.134. The number of aromatic nitrogens is 4. The molecule has 3 amide bonds. The van der Waals surface area contributed by atoms with E-state index in [2.05, 4.69) is 75.2 Å². The second kappa shape index (κ2) is 19.3. The maximum atomic E-state index is 14.5. The molecule has 14 nitrogen and oxygen atoms in total. The Balaban J connectivity index is 0.836. The monoisotopic (exact) mass is 931 g/mol. The van der Waals surface area contributed by atoms with Crippen LogP contribution < -0.4 is 10.6 Å². The fraction of sp³-hybridized carbons (Fsp3) is 0.418. The number of carbonyl (C=O) groups is 4. The zero-order valence-electron chi connectivity index (χ0n) is 39.8. The van der Waals surface area contributed by atoms with E-state index in [4.69, 9.17) is 24.2 Å². The van der Waals surface area contributed by atoms with Gasteiger partial charge in [-0.2, -0.15) is 0 Å². The number of Topliss-reactive ketones (excluding diaryl/α,β-unsaturated/α-hetero) is 1. The first-order valence-corrected chi connectivity index (χ1v) is 24.5. The second-order valence-electron chi connectivity index (χ2n) is 20.1. The van der Waals surface area contributed by atoms with Crippen LogP contribution in [0.3, 0.4) is 0 Å². The minimum Gasteiger partial charge on any atom is -0.453 e. The number of hydrogen-bond donors (Lipinski definition) is 4. The van der Waals surface area contributed by atoms with Crippen molar-refractivity contribution in [2.24, 2.45) is 11.8 Å². The number of H-pyrrole nitrogens is 2. The predicted octanol–water partition coefficient (Wildman–Crippen LogP) is 9.92. The van der Waals surface area contributed by atoms with Gasteiger partial charge >= 0.3 is 12.2 Å². The van der Waals surface area contributed by atoms with Crippen LogP contribution in [0, 0.1) is 11.8 Å². The van der Waals surface area contributed by atoms with E-state index < -0.39 is 29.9 Å². The van der Waals surface area contributed by atoms with Crippen LogP contribution in [0.5, 0.6) is 0 Å². The number of amides is 3. The van der Waals surface area contributed by atoms with Gasteiger partial charge in [-0.3, -0.25) is 9.59 Å². The van der Waals surface area contributed by atoms with E-state index in [1.54, 1.807) is 4.90 Å². The van der Waals surface area contributed by atoms with E-state index in [0.717, 1.165) is 114 Å². The molecule has 2 saturated heterocycles. The molecule has 0 radical (unpaired) electrons. The third kappa shape index (κ3) is 9.64. The lowest BCUT2D eigenvalue weighted by Crippen LogP contribution is -2.51. The number of ketones is 1. The molecule has 2 aliphatic carbocycles. The number of aryl methyl sites for hydroxylation is 2. The molecule has 0 bridgehead atoms. The molecular weight excluding hydrogens is 871 g/mol. The summed E-state index contributed by atoms with van der Waals surface area (Å²) in [5.41, 5.74) is 8.64. The van der Waals surface area contributed by atoms with Gasteiger partial charge in [-0.1, -0.05) is 79.2 Å². The first kappa shape index (κ1) is 46.0. The van der Waals surface area contributed by atoms with Crippen LogP contribution in [0.2, 0.25) is 0 Å². The fourth-order valence-corrected chi connectivity index (χ4v) is 11.1. The average molecular weight is 932 g/mol. The smallest absolute Gasteiger partial charge is 0.408 e. The molecule has 1 unspecified atom stereocenters. The maximum Gasteiger partial charge on any atom is 0.408 e. The first-order valence-electron chi connectivity index (χ1n) is 24.5. The van der Waals surface area contributed by atoms with Gasteiger partial charge in [0.2, 0.25) is 0 Å². The van der Waals surface area contributed by atoms with Crippen molar-refractivity contribution in [3.05, 3.63) is 120 Å². The molecule has 2 aromatic heterocycles. The Bertz CT molecular complexity index is 2880. The van der Waals surface area contributed by atoms with Crippen LogP contribution in [-0.4, -0.2) is 87.2 Å². The Morgan fingerprint density at radius 2 is 1.52 bits per heavy atom. The van der Waals surface area contributed by atoms with Gasteiger partial charge in [-0.25, -0.2) is 19.6 Å². The second-order valence-corrected chi connectivity index (χ2v) is 20.1. The largest absolute Gasteiger partial charge is 0.453 e. The minimum absolute atomic E-state index is 0.00295. The van der Waals surface area contributed by atoms with Crippen LogP contribution in [0.1, 0.15) is 112 Å². The van der Waals surface area contributed by atoms with Gasteiger partial charge in [0.1, 0.15) is 23.3 Å². The lowest BCUT2D eigenvalue weighted by atomic mass is 9.80. The quantitative estimate of drug-likeness (QED) is 0.0984. The molecule has 4 N–H and O–H groups in total. The molecule has 1 saturated carbocycles. The predicted molar refractivity (Wildman–Crippen MR) is 262 cm³/mol. The third-order valence-corrected chi connectivity index (χ3v) is 14.5. The molecule has 3 fully saturated rings. The summed E-state index contributed by atoms with van der Waals surface area (Å²) in [7, 11) is 1.29. The van der Waals surface area contributed by atoms with Crippen molar-refractivity contribution >= 4 is 34.6 Å². The molecule has 0 spiro atoms. The summed E-state index contributed by atoms with van der Waals surface area (Å²) in [4.78, 5) is 72.8. The highest BCUT2D eigenvalue weighted by molar-refractivity contribution is 5.92. The molecule has 2 aliphatic heterocycles. The Morgan fingerprint density at radius 1 is 0.783 bits per heavy atom. The van der Waals surface area contributed by atoms with Gasteiger partial charge in [-0.15, -0.1) is 0 Å². The molecule has 5 atom stereocenters. The van der Waals surface area contributed by atoms with Crippen molar-refractivity contribution in [2.45, 2.75) is 108 Å². The molecule has 69 heavy (non-hydrogen) atoms. The molecule has 358 valence electrons. The van der Waals surface area contributed by atoms with Gasteiger partial charge < -0.3 is 39.7 Å². The highest BCUT2D eigenvalue weighted by Gasteiger charge is 2.43. The number of alkyl carbamates (subject to hydrolysis) is 2. The number of hydrogen-bond acceptors (Lipinski definition) is 9. The van der Waals surface area contributed by atoms with Crippen molar-refractivity contribution in [1.82, 2.24) is 35.5 Å². The molecule has 14 heteroatoms. The van der Waals surface area contributed by atoms with E-state index in [1.165, 1.54) is 12.7 Å². The number of aromatic amines is 2. The SMILES string of the molecule is COC(=O)N[C@@H](C(=O)N1CCC[C@H]1c1ncc(-c2ccc3cc(-c4ccc5c(c4)CCc4nc([C@@H]6CCCC6C(=O)[C@@H](NC(=O)OC(C)(C)C)C6CCOCC6)[nH]c4-5)ccc3c2)[nH]1)c1ccccc1. The highest BCUT2D eigenvalue weighted by atomic mass is 16.6. The summed E-state index contributed by atoms with van der Waals surface area (Å²) >= 11 is 0. The highest BCUT2D eigenvalue weighted by Crippen LogP contribution is 2.44. The van der Waals surface area contributed by atoms with Gasteiger partial charge in [0, 0.05) is 42.7 Å². The lowest BCUT2D eigenvalue weighted by Gasteiger charge is -2.33. The molecular formula is C55H61N7O7. The first-order chi connectivity index (χ1) is 33.4. The fourth-order valence-electron chi connectivity index (χ4n) is 11.1.